The van der Waals surface area contributed by atoms with Crippen molar-refractivity contribution in [1.82, 2.24) is 10.1 Å². The van der Waals surface area contributed by atoms with Crippen molar-refractivity contribution in [3.05, 3.63) is 39.0 Å². The van der Waals surface area contributed by atoms with Gasteiger partial charge in [-0.1, -0.05) is 28.4 Å². The van der Waals surface area contributed by atoms with E-state index in [1.54, 1.807) is 23.5 Å². The molecule has 0 atom stereocenters. The van der Waals surface area contributed by atoms with E-state index in [4.69, 9.17) is 33.5 Å². The zero-order valence-corrected chi connectivity index (χ0v) is 11.8. The number of aromatic nitrogens is 2. The Bertz CT molecular complexity index is 725. The molecule has 0 spiro atoms. The van der Waals surface area contributed by atoms with Gasteiger partial charge in [-0.25, -0.2) is 0 Å². The largest absolute Gasteiger partial charge is 0.397 e. The molecule has 0 aliphatic carbocycles. The maximum Gasteiger partial charge on any atom is 0.261 e. The predicted octanol–water partition coefficient (Wildman–Crippen LogP) is 4.35. The lowest BCUT2D eigenvalue weighted by atomic mass is 10.2. The number of benzene rings is 1. The quantitative estimate of drug-likeness (QED) is 0.714. The molecule has 0 fully saturated rings. The van der Waals surface area contributed by atoms with Gasteiger partial charge in [-0.05, 0) is 23.6 Å². The highest BCUT2D eigenvalue weighted by atomic mass is 35.5. The van der Waals surface area contributed by atoms with Crippen LogP contribution >= 0.6 is 34.5 Å². The number of hydrogen-bond acceptors (Lipinski definition) is 5. The molecule has 0 aliphatic rings. The summed E-state index contributed by atoms with van der Waals surface area (Å²) in [6.45, 7) is 0. The zero-order valence-electron chi connectivity index (χ0n) is 9.43. The molecule has 0 unspecified atom stereocenters. The molecule has 0 aliphatic heterocycles. The van der Waals surface area contributed by atoms with Crippen LogP contribution in [0.1, 0.15) is 0 Å². The lowest BCUT2D eigenvalue weighted by molar-refractivity contribution is 0.432. The first-order valence-corrected chi connectivity index (χ1v) is 6.97. The van der Waals surface area contributed by atoms with E-state index in [0.717, 1.165) is 5.56 Å². The molecule has 7 heteroatoms. The third-order valence-electron chi connectivity index (χ3n) is 2.56. The van der Waals surface area contributed by atoms with E-state index >= 15 is 0 Å². The number of rotatable bonds is 2. The van der Waals surface area contributed by atoms with Gasteiger partial charge < -0.3 is 10.3 Å². The van der Waals surface area contributed by atoms with Crippen LogP contribution in [0.2, 0.25) is 10.0 Å². The Morgan fingerprint density at radius 2 is 1.95 bits per heavy atom. The average molecular weight is 312 g/mol. The summed E-state index contributed by atoms with van der Waals surface area (Å²) in [7, 11) is 0. The molecule has 0 radical (unpaired) electrons. The van der Waals surface area contributed by atoms with Crippen molar-refractivity contribution in [3.8, 4) is 22.8 Å². The lowest BCUT2D eigenvalue weighted by Crippen LogP contribution is -1.92. The average Bonchev–Trinajstić information content (AvgIpc) is 3.04. The normalized spacial score (nSPS) is 10.8. The molecule has 19 heavy (non-hydrogen) atoms. The molecule has 0 amide bonds. The van der Waals surface area contributed by atoms with Crippen LogP contribution in [0.4, 0.5) is 5.69 Å². The van der Waals surface area contributed by atoms with E-state index in [9.17, 15) is 0 Å². The minimum atomic E-state index is 0.256. The number of nitrogens with zero attached hydrogens (tertiary/aromatic N) is 2. The summed E-state index contributed by atoms with van der Waals surface area (Å²) in [5.74, 6) is 0.748. The van der Waals surface area contributed by atoms with Crippen molar-refractivity contribution in [3.63, 3.8) is 0 Å². The summed E-state index contributed by atoms with van der Waals surface area (Å²) < 4.78 is 5.21. The van der Waals surface area contributed by atoms with Crippen LogP contribution in [-0.4, -0.2) is 10.1 Å². The summed E-state index contributed by atoms with van der Waals surface area (Å²) in [5.41, 5.74) is 7.58. The molecule has 2 aromatic heterocycles. The molecule has 4 nitrogen and oxygen atoms in total. The van der Waals surface area contributed by atoms with Crippen LogP contribution in [-0.2, 0) is 0 Å². The van der Waals surface area contributed by atoms with E-state index < -0.39 is 0 Å². The van der Waals surface area contributed by atoms with Crippen molar-refractivity contribution < 1.29 is 4.52 Å². The molecule has 0 saturated carbocycles. The molecule has 1 aromatic carbocycles. The van der Waals surface area contributed by atoms with Crippen molar-refractivity contribution in [1.29, 1.82) is 0 Å². The van der Waals surface area contributed by atoms with Crippen LogP contribution in [0.3, 0.4) is 0 Å². The van der Waals surface area contributed by atoms with E-state index in [2.05, 4.69) is 10.1 Å². The van der Waals surface area contributed by atoms with Crippen LogP contribution in [0.5, 0.6) is 0 Å². The third-order valence-corrected chi connectivity index (χ3v) is 3.89. The van der Waals surface area contributed by atoms with Crippen LogP contribution in [0.15, 0.2) is 33.5 Å². The van der Waals surface area contributed by atoms with Crippen molar-refractivity contribution in [2.75, 3.05) is 5.73 Å². The van der Waals surface area contributed by atoms with Gasteiger partial charge in [0, 0.05) is 10.9 Å². The van der Waals surface area contributed by atoms with Gasteiger partial charge >= 0.3 is 0 Å². The molecular formula is C12H7Cl2N3OS. The number of nitrogens with two attached hydrogens (primary N) is 1. The van der Waals surface area contributed by atoms with E-state index in [1.807, 2.05) is 16.8 Å². The van der Waals surface area contributed by atoms with E-state index in [-0.39, 0.29) is 5.89 Å². The lowest BCUT2D eigenvalue weighted by Gasteiger charge is -2.04. The Morgan fingerprint density at radius 1 is 1.16 bits per heavy atom. The fraction of sp³-hybridized carbons (Fsp3) is 0. The third kappa shape index (κ3) is 2.20. The second-order valence-electron chi connectivity index (χ2n) is 3.75. The Kier molecular flexibility index (Phi) is 3.18. The highest BCUT2D eigenvalue weighted by Crippen LogP contribution is 2.37. The number of nitrogen functional groups attached to an aromatic ring is 1. The molecule has 2 heterocycles. The summed E-state index contributed by atoms with van der Waals surface area (Å²) in [4.78, 5) is 4.29. The summed E-state index contributed by atoms with van der Waals surface area (Å²) in [6, 6.07) is 5.17. The summed E-state index contributed by atoms with van der Waals surface area (Å²) in [6.07, 6.45) is 0. The van der Waals surface area contributed by atoms with Crippen molar-refractivity contribution in [2.45, 2.75) is 0 Å². The standard InChI is InChI=1S/C12H7Cl2N3OS/c13-7-1-2-8(14)10(15)9(7)12-16-11(17-18-12)6-3-4-19-5-6/h1-5H,15H2. The highest BCUT2D eigenvalue weighted by Gasteiger charge is 2.18. The topological polar surface area (TPSA) is 64.9 Å². The fourth-order valence-electron chi connectivity index (χ4n) is 1.62. The molecular weight excluding hydrogens is 305 g/mol. The van der Waals surface area contributed by atoms with Crippen LogP contribution < -0.4 is 5.73 Å². The minimum Gasteiger partial charge on any atom is -0.397 e. The zero-order chi connectivity index (χ0) is 13.4. The monoisotopic (exact) mass is 311 g/mol. The summed E-state index contributed by atoms with van der Waals surface area (Å²) >= 11 is 13.6. The van der Waals surface area contributed by atoms with Gasteiger partial charge in [0.1, 0.15) is 0 Å². The van der Waals surface area contributed by atoms with Crippen LogP contribution in [0.25, 0.3) is 22.8 Å². The SMILES string of the molecule is Nc1c(Cl)ccc(Cl)c1-c1nc(-c2ccsc2)no1. The smallest absolute Gasteiger partial charge is 0.261 e. The van der Waals surface area contributed by atoms with Gasteiger partial charge in [-0.2, -0.15) is 16.3 Å². The molecule has 2 N–H and O–H groups in total. The Labute approximate surface area is 122 Å². The molecule has 3 rings (SSSR count). The predicted molar refractivity (Wildman–Crippen MR) is 77.5 cm³/mol. The van der Waals surface area contributed by atoms with Gasteiger partial charge in [0.05, 0.1) is 21.3 Å². The van der Waals surface area contributed by atoms with Gasteiger partial charge in [-0.3, -0.25) is 0 Å². The Hall–Kier alpha value is -1.56. The van der Waals surface area contributed by atoms with Crippen molar-refractivity contribution in [2.24, 2.45) is 0 Å². The molecule has 96 valence electrons. The second kappa shape index (κ2) is 4.85. The number of thiophene rings is 1. The maximum atomic E-state index is 6.11. The van der Waals surface area contributed by atoms with E-state index in [0.29, 0.717) is 27.1 Å². The Balaban J connectivity index is 2.11. The van der Waals surface area contributed by atoms with E-state index in [1.165, 1.54) is 0 Å². The van der Waals surface area contributed by atoms with Crippen LogP contribution in [0, 0.1) is 0 Å². The first-order chi connectivity index (χ1) is 9.16. The second-order valence-corrected chi connectivity index (χ2v) is 5.35. The summed E-state index contributed by atoms with van der Waals surface area (Å²) in [5, 5.41) is 8.59. The minimum absolute atomic E-state index is 0.256. The molecule has 3 aromatic rings. The molecule has 0 saturated heterocycles. The van der Waals surface area contributed by atoms with Gasteiger partial charge in [0.2, 0.25) is 5.82 Å². The maximum absolute atomic E-state index is 6.11. The number of hydrogen-bond donors (Lipinski definition) is 1. The first kappa shape index (κ1) is 12.5. The number of anilines is 1. The first-order valence-electron chi connectivity index (χ1n) is 5.27. The highest BCUT2D eigenvalue weighted by molar-refractivity contribution is 7.08. The van der Waals surface area contributed by atoms with Gasteiger partial charge in [-0.15, -0.1) is 0 Å². The number of halogens is 2. The van der Waals surface area contributed by atoms with Gasteiger partial charge in [0.25, 0.3) is 5.89 Å². The fourth-order valence-corrected chi connectivity index (χ4v) is 2.66. The van der Waals surface area contributed by atoms with Gasteiger partial charge in [0.15, 0.2) is 0 Å². The Morgan fingerprint density at radius 3 is 2.68 bits per heavy atom. The van der Waals surface area contributed by atoms with Crippen molar-refractivity contribution >= 4 is 40.2 Å². The molecule has 0 bridgehead atoms.